The average Bonchev–Trinajstić information content (AvgIpc) is 2.82. The van der Waals surface area contributed by atoms with Gasteiger partial charge in [-0.1, -0.05) is 23.7 Å². The second kappa shape index (κ2) is 5.18. The second-order valence-corrected chi connectivity index (χ2v) is 4.76. The molecule has 0 saturated carbocycles. The average molecular weight is 285 g/mol. The van der Waals surface area contributed by atoms with Crippen molar-refractivity contribution in [3.63, 3.8) is 0 Å². The first kappa shape index (κ1) is 13.0. The number of halogens is 1. The van der Waals surface area contributed by atoms with Crippen LogP contribution in [0.4, 0.5) is 5.69 Å². The van der Waals surface area contributed by atoms with Crippen LogP contribution in [-0.2, 0) is 11.3 Å². The van der Waals surface area contributed by atoms with Gasteiger partial charge in [0.2, 0.25) is 0 Å². The van der Waals surface area contributed by atoms with E-state index in [1.54, 1.807) is 30.3 Å². The predicted octanol–water partition coefficient (Wildman–Crippen LogP) is 2.90. The fourth-order valence-corrected chi connectivity index (χ4v) is 2.24. The lowest BCUT2D eigenvalue weighted by Crippen LogP contribution is -2.27. The monoisotopic (exact) mass is 285 g/mol. The SMILES string of the molecule is [C-]#[N+]c1ccc(Oc2ccc3c(c2)B(O)OC3)c(Cl)c1. The quantitative estimate of drug-likeness (QED) is 0.681. The second-order valence-electron chi connectivity index (χ2n) is 4.35. The zero-order valence-corrected chi connectivity index (χ0v) is 11.1. The molecule has 0 spiro atoms. The number of benzene rings is 2. The highest BCUT2D eigenvalue weighted by Gasteiger charge is 2.27. The van der Waals surface area contributed by atoms with Crippen molar-refractivity contribution in [1.82, 2.24) is 0 Å². The molecular weight excluding hydrogens is 276 g/mol. The van der Waals surface area contributed by atoms with Gasteiger partial charge in [-0.15, -0.1) is 0 Å². The summed E-state index contributed by atoms with van der Waals surface area (Å²) in [7, 11) is -0.909. The van der Waals surface area contributed by atoms with E-state index >= 15 is 0 Å². The van der Waals surface area contributed by atoms with Gasteiger partial charge in [0.05, 0.1) is 18.2 Å². The molecule has 0 fully saturated rings. The lowest BCUT2D eigenvalue weighted by molar-refractivity contribution is 0.275. The third kappa shape index (κ3) is 2.37. The van der Waals surface area contributed by atoms with E-state index in [0.29, 0.717) is 34.3 Å². The number of hydrogen-bond acceptors (Lipinski definition) is 3. The molecule has 20 heavy (non-hydrogen) atoms. The summed E-state index contributed by atoms with van der Waals surface area (Å²) in [4.78, 5) is 3.30. The standard InChI is InChI=1S/C14H9BClNO3/c1-17-10-3-5-14(13(16)6-10)20-11-4-2-9-8-19-15(18)12(9)7-11/h2-7,18H,8H2. The minimum atomic E-state index is -0.909. The molecule has 1 heterocycles. The third-order valence-corrected chi connectivity index (χ3v) is 3.35. The van der Waals surface area contributed by atoms with Gasteiger partial charge in [0.15, 0.2) is 5.69 Å². The van der Waals surface area contributed by atoms with E-state index in [-0.39, 0.29) is 0 Å². The molecular formula is C14H9BClNO3. The van der Waals surface area contributed by atoms with Crippen molar-refractivity contribution in [2.45, 2.75) is 6.61 Å². The molecule has 0 aromatic heterocycles. The first-order chi connectivity index (χ1) is 9.67. The van der Waals surface area contributed by atoms with E-state index in [1.807, 2.05) is 6.07 Å². The van der Waals surface area contributed by atoms with Gasteiger partial charge in [0.1, 0.15) is 11.5 Å². The molecule has 0 atom stereocenters. The maximum atomic E-state index is 9.66. The van der Waals surface area contributed by atoms with Crippen molar-refractivity contribution in [3.8, 4) is 11.5 Å². The molecule has 0 radical (unpaired) electrons. The van der Waals surface area contributed by atoms with Crippen LogP contribution >= 0.6 is 11.6 Å². The summed E-state index contributed by atoms with van der Waals surface area (Å²) >= 11 is 6.06. The lowest BCUT2D eigenvalue weighted by atomic mass is 9.79. The van der Waals surface area contributed by atoms with Gasteiger partial charge in [-0.2, -0.15) is 0 Å². The van der Waals surface area contributed by atoms with Crippen molar-refractivity contribution in [1.29, 1.82) is 0 Å². The minimum absolute atomic E-state index is 0.371. The normalized spacial score (nSPS) is 12.9. The summed E-state index contributed by atoms with van der Waals surface area (Å²) in [5.41, 5.74) is 2.11. The topological polar surface area (TPSA) is 43.0 Å². The number of nitrogens with zero attached hydrogens (tertiary/aromatic N) is 1. The number of rotatable bonds is 2. The van der Waals surface area contributed by atoms with E-state index in [0.717, 1.165) is 5.56 Å². The van der Waals surface area contributed by atoms with E-state index in [2.05, 4.69) is 4.85 Å². The highest BCUT2D eigenvalue weighted by molar-refractivity contribution is 6.61. The van der Waals surface area contributed by atoms with E-state index in [1.165, 1.54) is 0 Å². The molecule has 2 aromatic carbocycles. The van der Waals surface area contributed by atoms with Crippen molar-refractivity contribution >= 4 is 29.9 Å². The Hall–Kier alpha value is -2.00. The molecule has 6 heteroatoms. The van der Waals surface area contributed by atoms with Gasteiger partial charge in [-0.25, -0.2) is 4.85 Å². The van der Waals surface area contributed by atoms with Gasteiger partial charge >= 0.3 is 7.12 Å². The van der Waals surface area contributed by atoms with Crippen molar-refractivity contribution < 1.29 is 14.4 Å². The summed E-state index contributed by atoms with van der Waals surface area (Å²) < 4.78 is 10.8. The molecule has 4 nitrogen and oxygen atoms in total. The van der Waals surface area contributed by atoms with Crippen LogP contribution in [0.3, 0.4) is 0 Å². The first-order valence-electron chi connectivity index (χ1n) is 5.95. The number of hydrogen-bond donors (Lipinski definition) is 1. The fourth-order valence-electron chi connectivity index (χ4n) is 2.03. The maximum absolute atomic E-state index is 9.66. The Bertz CT molecular complexity index is 714. The van der Waals surface area contributed by atoms with Crippen LogP contribution in [0.2, 0.25) is 5.02 Å². The Kier molecular flexibility index (Phi) is 3.37. The Balaban J connectivity index is 1.89. The Morgan fingerprint density at radius 1 is 1.30 bits per heavy atom. The van der Waals surface area contributed by atoms with Gasteiger partial charge < -0.3 is 14.4 Å². The van der Waals surface area contributed by atoms with Crippen LogP contribution in [-0.4, -0.2) is 12.1 Å². The van der Waals surface area contributed by atoms with Gasteiger partial charge in [0, 0.05) is 0 Å². The third-order valence-electron chi connectivity index (χ3n) is 3.05. The van der Waals surface area contributed by atoms with Crippen LogP contribution < -0.4 is 10.2 Å². The Morgan fingerprint density at radius 2 is 2.15 bits per heavy atom. The zero-order chi connectivity index (χ0) is 14.1. The largest absolute Gasteiger partial charge is 0.491 e. The molecule has 1 aliphatic heterocycles. The highest BCUT2D eigenvalue weighted by atomic mass is 35.5. The van der Waals surface area contributed by atoms with Crippen LogP contribution in [0.25, 0.3) is 4.85 Å². The molecule has 0 amide bonds. The summed E-state index contributed by atoms with van der Waals surface area (Å²) in [6, 6.07) is 10.2. The van der Waals surface area contributed by atoms with Crippen LogP contribution in [0.15, 0.2) is 36.4 Å². The molecule has 1 aliphatic rings. The van der Waals surface area contributed by atoms with Crippen LogP contribution in [0.5, 0.6) is 11.5 Å². The lowest BCUT2D eigenvalue weighted by Gasteiger charge is -2.09. The molecule has 0 bridgehead atoms. The summed E-state index contributed by atoms with van der Waals surface area (Å²) in [6.07, 6.45) is 0. The highest BCUT2D eigenvalue weighted by Crippen LogP contribution is 2.32. The number of ether oxygens (including phenoxy) is 1. The van der Waals surface area contributed by atoms with Gasteiger partial charge in [-0.05, 0) is 35.3 Å². The minimum Gasteiger partial charge on any atom is -0.456 e. The van der Waals surface area contributed by atoms with Crippen LogP contribution in [0, 0.1) is 6.57 Å². The van der Waals surface area contributed by atoms with Crippen LogP contribution in [0.1, 0.15) is 5.56 Å². The van der Waals surface area contributed by atoms with Crippen molar-refractivity contribution in [3.05, 3.63) is 58.4 Å². The Morgan fingerprint density at radius 3 is 2.90 bits per heavy atom. The summed E-state index contributed by atoms with van der Waals surface area (Å²) in [5, 5.41) is 10.0. The zero-order valence-electron chi connectivity index (χ0n) is 10.3. The fraction of sp³-hybridized carbons (Fsp3) is 0.0714. The molecule has 1 N–H and O–H groups in total. The summed E-state index contributed by atoms with van der Waals surface area (Å²) in [5.74, 6) is 1.03. The van der Waals surface area contributed by atoms with E-state index in [9.17, 15) is 5.02 Å². The Labute approximate surface area is 121 Å². The van der Waals surface area contributed by atoms with E-state index in [4.69, 9.17) is 27.6 Å². The molecule has 2 aromatic rings. The van der Waals surface area contributed by atoms with Gasteiger partial charge in [0.25, 0.3) is 0 Å². The molecule has 0 aliphatic carbocycles. The molecule has 3 rings (SSSR count). The van der Waals surface area contributed by atoms with Crippen molar-refractivity contribution in [2.75, 3.05) is 0 Å². The molecule has 0 unspecified atom stereocenters. The van der Waals surface area contributed by atoms with E-state index < -0.39 is 7.12 Å². The van der Waals surface area contributed by atoms with Crippen molar-refractivity contribution in [2.24, 2.45) is 0 Å². The maximum Gasteiger partial charge on any atom is 0.491 e. The van der Waals surface area contributed by atoms with Gasteiger partial charge in [-0.3, -0.25) is 0 Å². The predicted molar refractivity (Wildman–Crippen MR) is 76.6 cm³/mol. The smallest absolute Gasteiger partial charge is 0.456 e. The first-order valence-corrected chi connectivity index (χ1v) is 6.32. The molecule has 0 saturated heterocycles. The summed E-state index contributed by atoms with van der Waals surface area (Å²) in [6.45, 7) is 7.32. The molecule has 98 valence electrons. The number of fused-ring (bicyclic) bond motifs is 1.